The Balaban J connectivity index is 2.02. The molecule has 1 aromatic heterocycles. The highest BCUT2D eigenvalue weighted by molar-refractivity contribution is 7.99. The maximum Gasteiger partial charge on any atom is 0.143 e. The zero-order chi connectivity index (χ0) is 20.6. The van der Waals surface area contributed by atoms with Gasteiger partial charge in [-0.25, -0.2) is 0 Å². The zero-order valence-electron chi connectivity index (χ0n) is 17.1. The van der Waals surface area contributed by atoms with Crippen molar-refractivity contribution in [2.75, 3.05) is 11.5 Å². The number of para-hydroxylation sites is 2. The van der Waals surface area contributed by atoms with Crippen molar-refractivity contribution in [2.24, 2.45) is 0 Å². The first-order valence-corrected chi connectivity index (χ1v) is 11.7. The molecule has 0 spiro atoms. The van der Waals surface area contributed by atoms with Crippen molar-refractivity contribution >= 4 is 46.2 Å². The maximum absolute atomic E-state index is 11.3. The van der Waals surface area contributed by atoms with Crippen LogP contribution in [-0.4, -0.2) is 21.2 Å². The number of aromatic hydroxyl groups is 1. The number of fused-ring (bicyclic) bond motifs is 3. The highest BCUT2D eigenvalue weighted by Crippen LogP contribution is 2.39. The number of phenolic OH excluding ortho intramolecular Hbond substituents is 1. The lowest BCUT2D eigenvalue weighted by Gasteiger charge is -2.23. The first kappa shape index (κ1) is 20.2. The lowest BCUT2D eigenvalue weighted by atomic mass is 9.85. The number of hydrogen-bond acceptors (Lipinski definition) is 3. The Morgan fingerprint density at radius 1 is 0.931 bits per heavy atom. The van der Waals surface area contributed by atoms with Gasteiger partial charge in [0.15, 0.2) is 0 Å². The van der Waals surface area contributed by atoms with E-state index in [9.17, 15) is 5.11 Å². The van der Waals surface area contributed by atoms with Gasteiger partial charge < -0.3 is 9.67 Å². The molecular formula is C25H27NOS2. The fourth-order valence-electron chi connectivity index (χ4n) is 3.82. The third-order valence-corrected chi connectivity index (χ3v) is 6.88. The third-order valence-electron chi connectivity index (χ3n) is 5.35. The zero-order valence-corrected chi connectivity index (χ0v) is 18.9. The van der Waals surface area contributed by atoms with Gasteiger partial charge in [-0.05, 0) is 34.9 Å². The Morgan fingerprint density at radius 2 is 1.52 bits per heavy atom. The van der Waals surface area contributed by atoms with Crippen molar-refractivity contribution in [3.63, 3.8) is 0 Å². The summed E-state index contributed by atoms with van der Waals surface area (Å²) in [7, 11) is 0. The summed E-state index contributed by atoms with van der Waals surface area (Å²) in [5.74, 6) is 2.95. The molecule has 4 aromatic rings. The largest absolute Gasteiger partial charge is 0.505 e. The molecule has 0 saturated carbocycles. The number of rotatable bonds is 5. The second kappa shape index (κ2) is 8.00. The van der Waals surface area contributed by atoms with Crippen LogP contribution in [0, 0.1) is 0 Å². The molecule has 0 fully saturated rings. The van der Waals surface area contributed by atoms with Gasteiger partial charge in [0, 0.05) is 27.8 Å². The van der Waals surface area contributed by atoms with Crippen LogP contribution in [0.1, 0.15) is 31.9 Å². The summed E-state index contributed by atoms with van der Waals surface area (Å²) in [4.78, 5) is 0. The van der Waals surface area contributed by atoms with E-state index in [1.807, 2.05) is 11.8 Å². The van der Waals surface area contributed by atoms with Crippen molar-refractivity contribution in [1.29, 1.82) is 0 Å². The van der Waals surface area contributed by atoms with Gasteiger partial charge in [0.2, 0.25) is 0 Å². The fraction of sp³-hybridized carbons (Fsp3) is 0.280. The quantitative estimate of drug-likeness (QED) is 0.269. The van der Waals surface area contributed by atoms with Crippen molar-refractivity contribution in [2.45, 2.75) is 31.9 Å². The Bertz CT molecular complexity index is 1120. The minimum atomic E-state index is -0.00975. The number of nitrogens with zero attached hydrogens (tertiary/aromatic N) is 1. The molecular weight excluding hydrogens is 394 g/mol. The summed E-state index contributed by atoms with van der Waals surface area (Å²) >= 11 is 6.13. The molecule has 0 atom stereocenters. The standard InChI is InChI=1S/C25H27NOS2/c1-25(2,3)18-14-17(16-29-13-12-28)24(27)23(15-18)26-21-10-6-4-8-19(21)20-9-5-7-11-22(20)26/h4-11,14-15,27-28H,12-13,16H2,1-3H3. The van der Waals surface area contributed by atoms with Gasteiger partial charge in [-0.1, -0.05) is 63.2 Å². The molecule has 150 valence electrons. The number of thiol groups is 1. The van der Waals surface area contributed by atoms with Crippen LogP contribution in [0.4, 0.5) is 0 Å². The highest BCUT2D eigenvalue weighted by atomic mass is 32.2. The van der Waals surface area contributed by atoms with Crippen LogP contribution in [0.2, 0.25) is 0 Å². The van der Waals surface area contributed by atoms with Crippen molar-refractivity contribution < 1.29 is 5.11 Å². The van der Waals surface area contributed by atoms with Gasteiger partial charge in [-0.2, -0.15) is 24.4 Å². The van der Waals surface area contributed by atoms with Gasteiger partial charge in [-0.3, -0.25) is 0 Å². The van der Waals surface area contributed by atoms with Gasteiger partial charge >= 0.3 is 0 Å². The molecule has 0 aliphatic carbocycles. The van der Waals surface area contributed by atoms with Gasteiger partial charge in [0.05, 0.1) is 16.7 Å². The van der Waals surface area contributed by atoms with Crippen LogP contribution in [0.25, 0.3) is 27.5 Å². The van der Waals surface area contributed by atoms with Crippen molar-refractivity contribution in [3.8, 4) is 11.4 Å². The smallest absolute Gasteiger partial charge is 0.143 e. The molecule has 0 amide bonds. The van der Waals surface area contributed by atoms with E-state index in [1.165, 1.54) is 16.3 Å². The first-order chi connectivity index (χ1) is 13.9. The van der Waals surface area contributed by atoms with Gasteiger partial charge in [0.25, 0.3) is 0 Å². The van der Waals surface area contributed by atoms with E-state index in [1.54, 1.807) is 0 Å². The van der Waals surface area contributed by atoms with Crippen molar-refractivity contribution in [3.05, 3.63) is 71.8 Å². The maximum atomic E-state index is 11.3. The molecule has 2 nitrogen and oxygen atoms in total. The van der Waals surface area contributed by atoms with Crippen LogP contribution in [0.5, 0.6) is 5.75 Å². The second-order valence-electron chi connectivity index (χ2n) is 8.40. The number of phenols is 1. The minimum absolute atomic E-state index is 0.00975. The molecule has 0 unspecified atom stereocenters. The summed E-state index contributed by atoms with van der Waals surface area (Å²) in [5, 5.41) is 13.7. The molecule has 0 saturated heterocycles. The fourth-order valence-corrected chi connectivity index (χ4v) is 4.92. The molecule has 4 rings (SSSR count). The van der Waals surface area contributed by atoms with Gasteiger partial charge in [0.1, 0.15) is 5.75 Å². The van der Waals surface area contributed by atoms with E-state index in [0.29, 0.717) is 5.75 Å². The van der Waals surface area contributed by atoms with Crippen LogP contribution >= 0.6 is 24.4 Å². The molecule has 0 aliphatic heterocycles. The molecule has 29 heavy (non-hydrogen) atoms. The first-order valence-electron chi connectivity index (χ1n) is 9.95. The number of aromatic nitrogens is 1. The monoisotopic (exact) mass is 421 g/mol. The summed E-state index contributed by atoms with van der Waals surface area (Å²) in [6, 6.07) is 21.2. The third kappa shape index (κ3) is 3.76. The molecule has 1 heterocycles. The number of thioether (sulfide) groups is 1. The van der Waals surface area contributed by atoms with E-state index in [-0.39, 0.29) is 5.41 Å². The molecule has 0 aliphatic rings. The van der Waals surface area contributed by atoms with Crippen LogP contribution in [-0.2, 0) is 11.2 Å². The molecule has 3 aromatic carbocycles. The predicted octanol–water partition coefficient (Wildman–Crippen LogP) is 6.95. The lowest BCUT2D eigenvalue weighted by molar-refractivity contribution is 0.467. The summed E-state index contributed by atoms with van der Waals surface area (Å²) in [6.45, 7) is 6.67. The summed E-state index contributed by atoms with van der Waals surface area (Å²) < 4.78 is 2.21. The Kier molecular flexibility index (Phi) is 5.58. The van der Waals surface area contributed by atoms with Gasteiger partial charge in [-0.15, -0.1) is 0 Å². The normalized spacial score (nSPS) is 12.1. The van der Waals surface area contributed by atoms with Crippen molar-refractivity contribution in [1.82, 2.24) is 4.57 Å². The number of benzene rings is 3. The minimum Gasteiger partial charge on any atom is -0.505 e. The average molecular weight is 422 g/mol. The number of hydrogen-bond donors (Lipinski definition) is 2. The molecule has 0 bridgehead atoms. The summed E-state index contributed by atoms with van der Waals surface area (Å²) in [5.41, 5.74) is 5.29. The van der Waals surface area contributed by atoms with E-state index in [4.69, 9.17) is 0 Å². The van der Waals surface area contributed by atoms with Crippen LogP contribution in [0.3, 0.4) is 0 Å². The van der Waals surface area contributed by atoms with E-state index >= 15 is 0 Å². The Morgan fingerprint density at radius 3 is 2.07 bits per heavy atom. The van der Waals surface area contributed by atoms with E-state index < -0.39 is 0 Å². The molecule has 0 radical (unpaired) electrons. The second-order valence-corrected chi connectivity index (χ2v) is 9.95. The SMILES string of the molecule is CC(C)(C)c1cc(CSCCS)c(O)c(-n2c3ccccc3c3ccccc32)c1. The molecule has 1 N–H and O–H groups in total. The predicted molar refractivity (Wildman–Crippen MR) is 131 cm³/mol. The topological polar surface area (TPSA) is 25.2 Å². The van der Waals surface area contributed by atoms with E-state index in [0.717, 1.165) is 39.5 Å². The Labute approximate surface area is 182 Å². The molecule has 4 heteroatoms. The Hall–Kier alpha value is -2.04. The van der Waals surface area contributed by atoms with E-state index in [2.05, 4.69) is 98.6 Å². The van der Waals surface area contributed by atoms with Crippen LogP contribution in [0.15, 0.2) is 60.7 Å². The average Bonchev–Trinajstić information content (AvgIpc) is 3.03. The summed E-state index contributed by atoms with van der Waals surface area (Å²) in [6.07, 6.45) is 0. The van der Waals surface area contributed by atoms with Crippen LogP contribution < -0.4 is 0 Å². The highest BCUT2D eigenvalue weighted by Gasteiger charge is 2.22. The lowest BCUT2D eigenvalue weighted by Crippen LogP contribution is -2.13.